The van der Waals surface area contributed by atoms with Gasteiger partial charge in [0.25, 0.3) is 0 Å². The molecule has 1 aliphatic heterocycles. The van der Waals surface area contributed by atoms with Crippen LogP contribution >= 0.6 is 0 Å². The van der Waals surface area contributed by atoms with Crippen molar-refractivity contribution in [3.63, 3.8) is 0 Å². The Kier molecular flexibility index (Phi) is 5.31. The summed E-state index contributed by atoms with van der Waals surface area (Å²) in [4.78, 5) is 4.02. The summed E-state index contributed by atoms with van der Waals surface area (Å²) in [6, 6.07) is 8.91. The Labute approximate surface area is 153 Å². The van der Waals surface area contributed by atoms with E-state index in [-0.39, 0.29) is 16.4 Å². The lowest BCUT2D eigenvalue weighted by Crippen LogP contribution is -2.43. The Bertz CT molecular complexity index is 958. The molecule has 1 aliphatic rings. The first-order valence-electron chi connectivity index (χ1n) is 8.02. The maximum atomic E-state index is 13.0. The molecule has 3 rings (SSSR count). The topological polar surface area (TPSA) is 102 Å². The second kappa shape index (κ2) is 7.34. The summed E-state index contributed by atoms with van der Waals surface area (Å²) in [6.45, 7) is 0.372. The van der Waals surface area contributed by atoms with Crippen LogP contribution in [0.25, 0.3) is 0 Å². The first kappa shape index (κ1) is 18.8. The Morgan fingerprint density at radius 1 is 1.12 bits per heavy atom. The van der Waals surface area contributed by atoms with Crippen molar-refractivity contribution in [1.82, 2.24) is 10.3 Å². The molecule has 0 saturated carbocycles. The van der Waals surface area contributed by atoms with E-state index >= 15 is 0 Å². The van der Waals surface area contributed by atoms with E-state index in [2.05, 4.69) is 10.3 Å². The molecule has 1 fully saturated rings. The van der Waals surface area contributed by atoms with E-state index < -0.39 is 31.0 Å². The molecule has 2 heterocycles. The fourth-order valence-corrected chi connectivity index (χ4v) is 7.72. The van der Waals surface area contributed by atoms with Gasteiger partial charge in [-0.05, 0) is 42.0 Å². The molecule has 1 aromatic carbocycles. The van der Waals surface area contributed by atoms with Crippen molar-refractivity contribution < 1.29 is 21.6 Å². The predicted molar refractivity (Wildman–Crippen MR) is 97.5 cm³/mol. The first-order chi connectivity index (χ1) is 12.3. The molecule has 0 bridgehead atoms. The van der Waals surface area contributed by atoms with Crippen LogP contribution in [0.1, 0.15) is 5.56 Å². The molecule has 2 atom stereocenters. The van der Waals surface area contributed by atoms with Crippen molar-refractivity contribution in [3.8, 4) is 5.75 Å². The lowest BCUT2D eigenvalue weighted by Gasteiger charge is -2.20. The highest BCUT2D eigenvalue weighted by atomic mass is 32.2. The Balaban J connectivity index is 1.84. The number of ether oxygens (including phenoxy) is 1. The van der Waals surface area contributed by atoms with Gasteiger partial charge in [-0.15, -0.1) is 0 Å². The van der Waals surface area contributed by atoms with Gasteiger partial charge in [-0.1, -0.05) is 0 Å². The molecule has 0 unspecified atom stereocenters. The highest BCUT2D eigenvalue weighted by Gasteiger charge is 2.45. The molecule has 2 aromatic rings. The van der Waals surface area contributed by atoms with E-state index in [0.717, 1.165) is 5.56 Å². The third-order valence-electron chi connectivity index (χ3n) is 4.40. The zero-order chi connectivity index (χ0) is 18.8. The molecule has 0 amide bonds. The van der Waals surface area contributed by atoms with E-state index in [1.54, 1.807) is 36.7 Å². The lowest BCUT2D eigenvalue weighted by atomic mass is 10.2. The number of sulfone groups is 2. The fourth-order valence-electron chi connectivity index (χ4n) is 3.00. The van der Waals surface area contributed by atoms with E-state index in [4.69, 9.17) is 4.74 Å². The number of pyridine rings is 1. The van der Waals surface area contributed by atoms with Crippen molar-refractivity contribution in [1.29, 1.82) is 0 Å². The number of aromatic nitrogens is 1. The predicted octanol–water partition coefficient (Wildman–Crippen LogP) is 0.819. The lowest BCUT2D eigenvalue weighted by molar-refractivity contribution is 0.414. The summed E-state index contributed by atoms with van der Waals surface area (Å²) in [5, 5.41) is 2.07. The zero-order valence-corrected chi connectivity index (χ0v) is 15.8. The molecule has 1 saturated heterocycles. The normalized spacial score (nSPS) is 22.2. The highest BCUT2D eigenvalue weighted by Crippen LogP contribution is 2.27. The zero-order valence-electron chi connectivity index (χ0n) is 14.2. The average molecular weight is 396 g/mol. The third kappa shape index (κ3) is 4.05. The largest absolute Gasteiger partial charge is 0.497 e. The highest BCUT2D eigenvalue weighted by molar-refractivity contribution is 7.96. The van der Waals surface area contributed by atoms with Crippen molar-refractivity contribution >= 4 is 19.7 Å². The minimum absolute atomic E-state index is 0.0936. The van der Waals surface area contributed by atoms with Gasteiger partial charge in [0.1, 0.15) is 5.75 Å². The van der Waals surface area contributed by atoms with Crippen molar-refractivity contribution in [2.75, 3.05) is 18.6 Å². The quantitative estimate of drug-likeness (QED) is 0.771. The molecule has 0 spiro atoms. The number of nitrogens with zero attached hydrogens (tertiary/aromatic N) is 1. The number of rotatable bonds is 6. The summed E-state index contributed by atoms with van der Waals surface area (Å²) in [5.41, 5.74) is 0.907. The number of benzene rings is 1. The minimum atomic E-state index is -3.80. The van der Waals surface area contributed by atoms with Gasteiger partial charge in [-0.2, -0.15) is 0 Å². The summed E-state index contributed by atoms with van der Waals surface area (Å²) >= 11 is 0. The van der Waals surface area contributed by atoms with Crippen molar-refractivity contribution in [2.24, 2.45) is 0 Å². The molecule has 0 radical (unpaired) electrons. The molecular formula is C17H20N2O5S2. The van der Waals surface area contributed by atoms with Crippen molar-refractivity contribution in [2.45, 2.75) is 22.7 Å². The van der Waals surface area contributed by atoms with Crippen LogP contribution in [0, 0.1) is 0 Å². The first-order valence-corrected chi connectivity index (χ1v) is 11.4. The van der Waals surface area contributed by atoms with Gasteiger partial charge in [-0.3, -0.25) is 4.98 Å². The standard InChI is InChI=1S/C17H20N2O5S2/c1-24-14-2-4-15(5-3-14)26(22,23)17-12-25(20,21)11-16(17)19-10-13-6-8-18-9-7-13/h2-9,16-17,19H,10-12H2,1H3/t16-,17-/m1/s1. The van der Waals surface area contributed by atoms with E-state index in [0.29, 0.717) is 12.3 Å². The Morgan fingerprint density at radius 3 is 2.38 bits per heavy atom. The van der Waals surface area contributed by atoms with Gasteiger partial charge >= 0.3 is 0 Å². The SMILES string of the molecule is COc1ccc(S(=O)(=O)[C@@H]2CS(=O)(=O)C[C@H]2NCc2ccncc2)cc1. The van der Waals surface area contributed by atoms with Gasteiger partial charge in [-0.25, -0.2) is 16.8 Å². The molecule has 9 heteroatoms. The van der Waals surface area contributed by atoms with Gasteiger partial charge in [0.2, 0.25) is 0 Å². The molecule has 1 aromatic heterocycles. The van der Waals surface area contributed by atoms with Gasteiger partial charge in [0.05, 0.1) is 28.8 Å². The van der Waals surface area contributed by atoms with Crippen LogP contribution in [0.2, 0.25) is 0 Å². The van der Waals surface area contributed by atoms with Gasteiger partial charge in [0, 0.05) is 25.0 Å². The average Bonchev–Trinajstić information content (AvgIpc) is 2.96. The van der Waals surface area contributed by atoms with Gasteiger partial charge < -0.3 is 10.1 Å². The summed E-state index contributed by atoms with van der Waals surface area (Å²) in [5.74, 6) is -0.0385. The maximum absolute atomic E-state index is 13.0. The second-order valence-electron chi connectivity index (χ2n) is 6.18. The monoisotopic (exact) mass is 396 g/mol. The van der Waals surface area contributed by atoms with Crippen LogP contribution < -0.4 is 10.1 Å². The summed E-state index contributed by atoms with van der Waals surface area (Å²) in [7, 11) is -5.74. The Hall–Kier alpha value is -1.97. The molecule has 140 valence electrons. The van der Waals surface area contributed by atoms with Crippen LogP contribution in [-0.4, -0.2) is 51.7 Å². The summed E-state index contributed by atoms with van der Waals surface area (Å²) < 4.78 is 55.2. The molecular weight excluding hydrogens is 376 g/mol. The summed E-state index contributed by atoms with van der Waals surface area (Å²) in [6.07, 6.45) is 3.27. The van der Waals surface area contributed by atoms with Crippen LogP contribution in [-0.2, 0) is 26.2 Å². The number of hydrogen-bond acceptors (Lipinski definition) is 7. The number of nitrogens with one attached hydrogen (secondary N) is 1. The molecule has 1 N–H and O–H groups in total. The fraction of sp³-hybridized carbons (Fsp3) is 0.353. The van der Waals surface area contributed by atoms with E-state index in [9.17, 15) is 16.8 Å². The Morgan fingerprint density at radius 2 is 1.77 bits per heavy atom. The number of hydrogen-bond donors (Lipinski definition) is 1. The third-order valence-corrected chi connectivity index (χ3v) is 8.57. The van der Waals surface area contributed by atoms with Crippen LogP contribution in [0.5, 0.6) is 5.75 Å². The molecule has 7 nitrogen and oxygen atoms in total. The smallest absolute Gasteiger partial charge is 0.183 e. The number of methoxy groups -OCH3 is 1. The van der Waals surface area contributed by atoms with Crippen LogP contribution in [0.3, 0.4) is 0 Å². The van der Waals surface area contributed by atoms with Crippen molar-refractivity contribution in [3.05, 3.63) is 54.4 Å². The van der Waals surface area contributed by atoms with Crippen LogP contribution in [0.4, 0.5) is 0 Å². The maximum Gasteiger partial charge on any atom is 0.183 e. The van der Waals surface area contributed by atoms with E-state index in [1.165, 1.54) is 19.2 Å². The minimum Gasteiger partial charge on any atom is -0.497 e. The van der Waals surface area contributed by atoms with Gasteiger partial charge in [0.15, 0.2) is 19.7 Å². The van der Waals surface area contributed by atoms with E-state index in [1.807, 2.05) is 0 Å². The second-order valence-corrected chi connectivity index (χ2v) is 10.5. The van der Waals surface area contributed by atoms with Crippen LogP contribution in [0.15, 0.2) is 53.7 Å². The molecule has 0 aliphatic carbocycles. The molecule has 26 heavy (non-hydrogen) atoms.